The van der Waals surface area contributed by atoms with Crippen LogP contribution in [0, 0.1) is 13.8 Å². The Morgan fingerprint density at radius 2 is 1.74 bits per heavy atom. The second kappa shape index (κ2) is 8.68. The second-order valence-corrected chi connectivity index (χ2v) is 8.02. The van der Waals surface area contributed by atoms with Gasteiger partial charge >= 0.3 is 5.97 Å². The molecule has 0 heterocycles. The third kappa shape index (κ3) is 6.10. The molecule has 2 aromatic rings. The third-order valence-corrected chi connectivity index (χ3v) is 4.76. The van der Waals surface area contributed by atoms with Crippen LogP contribution in [-0.4, -0.2) is 39.8 Å². The average molecular weight is 391 g/mol. The molecule has 0 aliphatic heterocycles. The van der Waals surface area contributed by atoms with Gasteiger partial charge in [-0.2, -0.15) is 0 Å². The van der Waals surface area contributed by atoms with E-state index in [9.17, 15) is 18.0 Å². The van der Waals surface area contributed by atoms with Crippen molar-refractivity contribution in [3.05, 3.63) is 53.6 Å². The molecule has 1 N–H and O–H groups in total. The molecule has 0 aromatic heterocycles. The van der Waals surface area contributed by atoms with E-state index in [2.05, 4.69) is 5.32 Å². The number of nitrogens with one attached hydrogen (secondary N) is 1. The lowest BCUT2D eigenvalue weighted by molar-refractivity contribution is -0.149. The summed E-state index contributed by atoms with van der Waals surface area (Å²) in [5.74, 6) is -0.795. The van der Waals surface area contributed by atoms with Crippen molar-refractivity contribution in [2.45, 2.75) is 18.7 Å². The van der Waals surface area contributed by atoms with Crippen molar-refractivity contribution < 1.29 is 27.5 Å². The van der Waals surface area contributed by atoms with Crippen LogP contribution in [0.1, 0.15) is 11.1 Å². The topological polar surface area (TPSA) is 98.8 Å². The number of esters is 1. The van der Waals surface area contributed by atoms with Crippen LogP contribution in [0.4, 0.5) is 5.69 Å². The van der Waals surface area contributed by atoms with Crippen molar-refractivity contribution in [1.82, 2.24) is 0 Å². The highest BCUT2D eigenvalue weighted by molar-refractivity contribution is 7.90. The first-order chi connectivity index (χ1) is 12.7. The summed E-state index contributed by atoms with van der Waals surface area (Å²) in [4.78, 5) is 23.7. The zero-order valence-corrected chi connectivity index (χ0v) is 16.1. The van der Waals surface area contributed by atoms with Gasteiger partial charge in [0.25, 0.3) is 5.91 Å². The number of rotatable bonds is 7. The summed E-state index contributed by atoms with van der Waals surface area (Å²) < 4.78 is 33.7. The van der Waals surface area contributed by atoms with Crippen LogP contribution in [0.3, 0.4) is 0 Å². The number of anilines is 1. The number of ether oxygens (including phenoxy) is 2. The van der Waals surface area contributed by atoms with Crippen molar-refractivity contribution in [3.63, 3.8) is 0 Å². The number of hydrogen-bond donors (Lipinski definition) is 1. The number of carbonyl (C=O) groups excluding carboxylic acids is 2. The van der Waals surface area contributed by atoms with Crippen molar-refractivity contribution in [1.29, 1.82) is 0 Å². The summed E-state index contributed by atoms with van der Waals surface area (Å²) >= 11 is 0. The number of hydrogen-bond acceptors (Lipinski definition) is 6. The lowest BCUT2D eigenvalue weighted by atomic mass is 10.1. The molecule has 0 aliphatic carbocycles. The van der Waals surface area contributed by atoms with Crippen LogP contribution in [-0.2, 0) is 24.2 Å². The van der Waals surface area contributed by atoms with E-state index in [1.165, 1.54) is 12.1 Å². The van der Waals surface area contributed by atoms with Crippen LogP contribution < -0.4 is 10.1 Å². The minimum absolute atomic E-state index is 0.0112. The van der Waals surface area contributed by atoms with Gasteiger partial charge < -0.3 is 14.8 Å². The molecular weight excluding hydrogens is 370 g/mol. The minimum Gasteiger partial charge on any atom is -0.482 e. The Morgan fingerprint density at radius 3 is 2.41 bits per heavy atom. The number of aryl methyl sites for hydroxylation is 2. The molecule has 0 atom stereocenters. The first-order valence-electron chi connectivity index (χ1n) is 8.11. The van der Waals surface area contributed by atoms with Crippen LogP contribution in [0.15, 0.2) is 47.4 Å². The smallest absolute Gasteiger partial charge is 0.344 e. The summed E-state index contributed by atoms with van der Waals surface area (Å²) in [5.41, 5.74) is 2.10. The van der Waals surface area contributed by atoms with Crippen molar-refractivity contribution in [3.8, 4) is 5.75 Å². The lowest BCUT2D eigenvalue weighted by Crippen LogP contribution is -2.24. The van der Waals surface area contributed by atoms with E-state index in [-0.39, 0.29) is 17.2 Å². The van der Waals surface area contributed by atoms with Gasteiger partial charge in [0, 0.05) is 6.26 Å². The maximum atomic E-state index is 11.9. The Balaban J connectivity index is 1.86. The van der Waals surface area contributed by atoms with E-state index in [1.54, 1.807) is 18.2 Å². The first kappa shape index (κ1) is 20.4. The third-order valence-electron chi connectivity index (χ3n) is 3.60. The van der Waals surface area contributed by atoms with Crippen molar-refractivity contribution in [2.75, 3.05) is 24.8 Å². The van der Waals surface area contributed by atoms with Gasteiger partial charge in [-0.1, -0.05) is 29.8 Å². The molecule has 0 bridgehead atoms. The van der Waals surface area contributed by atoms with Gasteiger partial charge in [0.2, 0.25) is 0 Å². The fourth-order valence-corrected chi connectivity index (χ4v) is 3.21. The Kier molecular flexibility index (Phi) is 6.57. The molecule has 144 valence electrons. The minimum atomic E-state index is -3.50. The number of carbonyl (C=O) groups is 2. The molecule has 2 rings (SSSR count). The largest absolute Gasteiger partial charge is 0.482 e. The molecule has 0 radical (unpaired) electrons. The quantitative estimate of drug-likeness (QED) is 0.727. The molecule has 0 saturated heterocycles. The molecule has 0 saturated carbocycles. The molecule has 1 amide bonds. The lowest BCUT2D eigenvalue weighted by Gasteiger charge is -2.11. The fraction of sp³-hybridized carbons (Fsp3) is 0.263. The van der Waals surface area contributed by atoms with Gasteiger partial charge in [-0.25, -0.2) is 13.2 Å². The highest BCUT2D eigenvalue weighted by Gasteiger charge is 2.15. The van der Waals surface area contributed by atoms with E-state index in [1.807, 2.05) is 26.0 Å². The van der Waals surface area contributed by atoms with Gasteiger partial charge in [-0.3, -0.25) is 4.79 Å². The Morgan fingerprint density at radius 1 is 1.04 bits per heavy atom. The highest BCUT2D eigenvalue weighted by Crippen LogP contribution is 2.20. The number of benzene rings is 2. The van der Waals surface area contributed by atoms with E-state index in [0.717, 1.165) is 17.4 Å². The van der Waals surface area contributed by atoms with Crippen LogP contribution in [0.2, 0.25) is 0 Å². The summed E-state index contributed by atoms with van der Waals surface area (Å²) in [7, 11) is -3.50. The fourth-order valence-electron chi connectivity index (χ4n) is 2.37. The Hall–Kier alpha value is -2.87. The molecule has 0 unspecified atom stereocenters. The predicted molar refractivity (Wildman–Crippen MR) is 101 cm³/mol. The average Bonchev–Trinajstić information content (AvgIpc) is 2.59. The Labute approximate surface area is 158 Å². The van der Waals surface area contributed by atoms with Crippen LogP contribution in [0.5, 0.6) is 5.75 Å². The van der Waals surface area contributed by atoms with Crippen molar-refractivity contribution >= 4 is 27.4 Å². The SMILES string of the molecule is Cc1ccc(OCC(=O)OCC(=O)Nc2ccccc2S(C)(=O)=O)c(C)c1. The standard InChI is InChI=1S/C19H21NO6S/c1-13-8-9-16(14(2)10-13)25-12-19(22)26-11-18(21)20-15-6-4-5-7-17(15)27(3,23)24/h4-10H,11-12H2,1-3H3,(H,20,21). The van der Waals surface area contributed by atoms with E-state index >= 15 is 0 Å². The maximum absolute atomic E-state index is 11.9. The number of para-hydroxylation sites is 1. The van der Waals surface area contributed by atoms with E-state index < -0.39 is 28.3 Å². The normalized spacial score (nSPS) is 10.9. The van der Waals surface area contributed by atoms with E-state index in [4.69, 9.17) is 9.47 Å². The van der Waals surface area contributed by atoms with Gasteiger partial charge in [0.05, 0.1) is 10.6 Å². The van der Waals surface area contributed by atoms with Gasteiger partial charge in [-0.15, -0.1) is 0 Å². The summed E-state index contributed by atoms with van der Waals surface area (Å²) in [6, 6.07) is 11.5. The monoisotopic (exact) mass is 391 g/mol. The maximum Gasteiger partial charge on any atom is 0.344 e. The van der Waals surface area contributed by atoms with Gasteiger partial charge in [0.1, 0.15) is 5.75 Å². The van der Waals surface area contributed by atoms with Crippen molar-refractivity contribution in [2.24, 2.45) is 0 Å². The molecule has 2 aromatic carbocycles. The van der Waals surface area contributed by atoms with Gasteiger partial charge in [0.15, 0.2) is 23.1 Å². The molecule has 0 aliphatic rings. The molecule has 7 nitrogen and oxygen atoms in total. The summed E-state index contributed by atoms with van der Waals surface area (Å²) in [5, 5.41) is 2.43. The predicted octanol–water partition coefficient (Wildman–Crippen LogP) is 2.27. The number of amides is 1. The van der Waals surface area contributed by atoms with Crippen LogP contribution in [0.25, 0.3) is 0 Å². The zero-order chi connectivity index (χ0) is 20.0. The van der Waals surface area contributed by atoms with Gasteiger partial charge in [-0.05, 0) is 37.6 Å². The molecule has 0 fully saturated rings. The number of sulfone groups is 1. The Bertz CT molecular complexity index is 952. The summed E-state index contributed by atoms with van der Waals surface area (Å²) in [6.45, 7) is 2.93. The summed E-state index contributed by atoms with van der Waals surface area (Å²) in [6.07, 6.45) is 1.04. The highest BCUT2D eigenvalue weighted by atomic mass is 32.2. The molecule has 0 spiro atoms. The van der Waals surface area contributed by atoms with E-state index in [0.29, 0.717) is 5.75 Å². The van der Waals surface area contributed by atoms with Crippen LogP contribution >= 0.6 is 0 Å². The second-order valence-electron chi connectivity index (χ2n) is 6.03. The molecule has 8 heteroatoms. The first-order valence-corrected chi connectivity index (χ1v) is 10.0. The molecular formula is C19H21NO6S. The molecule has 27 heavy (non-hydrogen) atoms. The zero-order valence-electron chi connectivity index (χ0n) is 15.3.